The Hall–Kier alpha value is -2.93. The molecule has 1 amide bonds. The molecule has 0 atom stereocenters. The van der Waals surface area contributed by atoms with Crippen LogP contribution in [0.3, 0.4) is 0 Å². The Bertz CT molecular complexity index is 949. The minimum absolute atomic E-state index is 0.0512. The molecule has 0 spiro atoms. The van der Waals surface area contributed by atoms with Crippen LogP contribution in [0.1, 0.15) is 22.7 Å². The summed E-state index contributed by atoms with van der Waals surface area (Å²) in [5.74, 6) is 1.39. The number of hydrogen-bond acceptors (Lipinski definition) is 5. The Labute approximate surface area is 166 Å². The van der Waals surface area contributed by atoms with E-state index in [4.69, 9.17) is 4.98 Å². The molecule has 0 radical (unpaired) electrons. The fourth-order valence-electron chi connectivity index (χ4n) is 3.10. The second-order valence-corrected chi connectivity index (χ2v) is 7.25. The van der Waals surface area contributed by atoms with Crippen LogP contribution in [0.2, 0.25) is 0 Å². The number of anilines is 1. The van der Waals surface area contributed by atoms with E-state index in [1.807, 2.05) is 54.2 Å². The Morgan fingerprint density at radius 3 is 2.61 bits per heavy atom. The zero-order chi connectivity index (χ0) is 20.1. The molecule has 0 saturated heterocycles. The first-order valence-electron chi connectivity index (χ1n) is 9.47. The Kier molecular flexibility index (Phi) is 6.26. The summed E-state index contributed by atoms with van der Waals surface area (Å²) in [5, 5.41) is 4.43. The molecule has 0 aliphatic carbocycles. The van der Waals surface area contributed by atoms with Crippen molar-refractivity contribution >= 4 is 22.6 Å². The monoisotopic (exact) mass is 380 g/mol. The van der Waals surface area contributed by atoms with Gasteiger partial charge in [0.2, 0.25) is 0 Å². The van der Waals surface area contributed by atoms with Crippen molar-refractivity contribution in [3.8, 4) is 0 Å². The Morgan fingerprint density at radius 2 is 1.89 bits per heavy atom. The fourth-order valence-corrected chi connectivity index (χ4v) is 3.10. The number of aromatic nitrogens is 3. The number of rotatable bonds is 8. The van der Waals surface area contributed by atoms with Crippen molar-refractivity contribution in [1.82, 2.24) is 24.3 Å². The molecule has 2 aromatic heterocycles. The number of hydrogen-bond donors (Lipinski definition) is 1. The molecule has 28 heavy (non-hydrogen) atoms. The minimum atomic E-state index is -0.0512. The van der Waals surface area contributed by atoms with Gasteiger partial charge in [-0.1, -0.05) is 12.1 Å². The zero-order valence-corrected chi connectivity index (χ0v) is 17.0. The maximum atomic E-state index is 12.7. The van der Waals surface area contributed by atoms with Gasteiger partial charge in [0.1, 0.15) is 11.5 Å². The Morgan fingerprint density at radius 1 is 1.11 bits per heavy atom. The first kappa shape index (κ1) is 19.8. The molecule has 0 aliphatic rings. The van der Waals surface area contributed by atoms with Crippen LogP contribution >= 0.6 is 0 Å². The van der Waals surface area contributed by atoms with Gasteiger partial charge < -0.3 is 19.7 Å². The SMILES string of the molecule is CN(C)CCCNc1nc(CN(C)C(=O)c2cccn2C)nc2ccccc12. The number of para-hydroxylation sites is 1. The van der Waals surface area contributed by atoms with Crippen LogP contribution in [0.4, 0.5) is 5.82 Å². The summed E-state index contributed by atoms with van der Waals surface area (Å²) in [6, 6.07) is 11.6. The third-order valence-corrected chi connectivity index (χ3v) is 4.61. The predicted molar refractivity (Wildman–Crippen MR) is 112 cm³/mol. The van der Waals surface area contributed by atoms with E-state index in [9.17, 15) is 4.79 Å². The summed E-state index contributed by atoms with van der Waals surface area (Å²) >= 11 is 0. The molecule has 0 fully saturated rings. The molecule has 0 aliphatic heterocycles. The number of nitrogens with zero attached hydrogens (tertiary/aromatic N) is 5. The quantitative estimate of drug-likeness (QED) is 0.609. The largest absolute Gasteiger partial charge is 0.369 e. The topological polar surface area (TPSA) is 66.3 Å². The summed E-state index contributed by atoms with van der Waals surface area (Å²) in [6.45, 7) is 2.19. The minimum Gasteiger partial charge on any atom is -0.369 e. The van der Waals surface area contributed by atoms with Crippen molar-refractivity contribution in [2.75, 3.05) is 39.5 Å². The van der Waals surface area contributed by atoms with Crippen LogP contribution in [0.15, 0.2) is 42.6 Å². The van der Waals surface area contributed by atoms with E-state index in [-0.39, 0.29) is 5.91 Å². The Balaban J connectivity index is 1.79. The van der Waals surface area contributed by atoms with Crippen molar-refractivity contribution in [2.45, 2.75) is 13.0 Å². The van der Waals surface area contributed by atoms with Crippen molar-refractivity contribution < 1.29 is 4.79 Å². The van der Waals surface area contributed by atoms with Gasteiger partial charge in [-0.15, -0.1) is 0 Å². The molecule has 0 saturated carbocycles. The van der Waals surface area contributed by atoms with Gasteiger partial charge in [0.25, 0.3) is 5.91 Å². The van der Waals surface area contributed by atoms with Gasteiger partial charge in [-0.25, -0.2) is 9.97 Å². The summed E-state index contributed by atoms with van der Waals surface area (Å²) in [5.41, 5.74) is 1.52. The molecule has 148 valence electrons. The highest BCUT2D eigenvalue weighted by atomic mass is 16.2. The van der Waals surface area contributed by atoms with Gasteiger partial charge in [0, 0.05) is 32.2 Å². The number of carbonyl (C=O) groups is 1. The normalized spacial score (nSPS) is 11.2. The van der Waals surface area contributed by atoms with Crippen molar-refractivity contribution in [3.05, 3.63) is 54.1 Å². The molecular weight excluding hydrogens is 352 g/mol. The average Bonchev–Trinajstić information content (AvgIpc) is 3.10. The van der Waals surface area contributed by atoms with Gasteiger partial charge in [-0.05, 0) is 51.3 Å². The molecule has 1 aromatic carbocycles. The molecule has 2 heterocycles. The van der Waals surface area contributed by atoms with E-state index in [0.29, 0.717) is 18.1 Å². The third-order valence-electron chi connectivity index (χ3n) is 4.61. The highest BCUT2D eigenvalue weighted by Crippen LogP contribution is 2.21. The smallest absolute Gasteiger partial charge is 0.270 e. The lowest BCUT2D eigenvalue weighted by Crippen LogP contribution is -2.28. The first-order chi connectivity index (χ1) is 13.5. The molecule has 0 unspecified atom stereocenters. The fraction of sp³-hybridized carbons (Fsp3) is 0.381. The van der Waals surface area contributed by atoms with E-state index in [0.717, 1.165) is 36.2 Å². The van der Waals surface area contributed by atoms with Crippen molar-refractivity contribution in [3.63, 3.8) is 0 Å². The van der Waals surface area contributed by atoms with Gasteiger partial charge in [0.15, 0.2) is 5.82 Å². The maximum absolute atomic E-state index is 12.7. The standard InChI is InChI=1S/C21H28N6O/c1-25(2)13-8-12-22-20-16-9-5-6-10-17(16)23-19(24-20)15-27(4)21(28)18-11-7-14-26(18)3/h5-7,9-11,14H,8,12-13,15H2,1-4H3,(H,22,23,24). The number of carbonyl (C=O) groups excluding carboxylic acids is 1. The number of fused-ring (bicyclic) bond motifs is 1. The van der Waals surface area contributed by atoms with E-state index >= 15 is 0 Å². The predicted octanol–water partition coefficient (Wildman–Crippen LogP) is 2.60. The number of nitrogens with one attached hydrogen (secondary N) is 1. The van der Waals surface area contributed by atoms with Gasteiger partial charge in [-0.2, -0.15) is 0 Å². The van der Waals surface area contributed by atoms with Crippen LogP contribution in [0, 0.1) is 0 Å². The lowest BCUT2D eigenvalue weighted by Gasteiger charge is -2.18. The van der Waals surface area contributed by atoms with Crippen LogP contribution in [0.25, 0.3) is 10.9 Å². The van der Waals surface area contributed by atoms with Crippen LogP contribution < -0.4 is 5.32 Å². The molecule has 3 rings (SSSR count). The zero-order valence-electron chi connectivity index (χ0n) is 17.0. The second kappa shape index (κ2) is 8.84. The molecular formula is C21H28N6O. The lowest BCUT2D eigenvalue weighted by molar-refractivity contribution is 0.0772. The first-order valence-corrected chi connectivity index (χ1v) is 9.47. The number of amides is 1. The van der Waals surface area contributed by atoms with Crippen LogP contribution in [-0.4, -0.2) is 64.5 Å². The van der Waals surface area contributed by atoms with Crippen molar-refractivity contribution in [1.29, 1.82) is 0 Å². The molecule has 1 N–H and O–H groups in total. The lowest BCUT2D eigenvalue weighted by atomic mass is 10.2. The molecule has 7 heteroatoms. The molecule has 3 aromatic rings. The van der Waals surface area contributed by atoms with E-state index in [1.165, 1.54) is 0 Å². The van der Waals surface area contributed by atoms with Gasteiger partial charge in [-0.3, -0.25) is 4.79 Å². The highest BCUT2D eigenvalue weighted by molar-refractivity contribution is 5.92. The third kappa shape index (κ3) is 4.67. The molecule has 7 nitrogen and oxygen atoms in total. The summed E-state index contributed by atoms with van der Waals surface area (Å²) < 4.78 is 1.82. The van der Waals surface area contributed by atoms with Crippen LogP contribution in [0.5, 0.6) is 0 Å². The average molecular weight is 380 g/mol. The summed E-state index contributed by atoms with van der Waals surface area (Å²) in [7, 11) is 7.77. The van der Waals surface area contributed by atoms with Crippen LogP contribution in [-0.2, 0) is 13.6 Å². The molecule has 0 bridgehead atoms. The van der Waals surface area contributed by atoms with E-state index in [1.54, 1.807) is 11.9 Å². The van der Waals surface area contributed by atoms with E-state index in [2.05, 4.69) is 29.3 Å². The summed E-state index contributed by atoms with van der Waals surface area (Å²) in [6.07, 6.45) is 2.88. The maximum Gasteiger partial charge on any atom is 0.270 e. The second-order valence-electron chi connectivity index (χ2n) is 7.25. The van der Waals surface area contributed by atoms with E-state index < -0.39 is 0 Å². The number of aryl methyl sites for hydroxylation is 1. The van der Waals surface area contributed by atoms with Gasteiger partial charge >= 0.3 is 0 Å². The summed E-state index contributed by atoms with van der Waals surface area (Å²) in [4.78, 5) is 25.9. The van der Waals surface area contributed by atoms with Crippen molar-refractivity contribution in [2.24, 2.45) is 7.05 Å². The highest BCUT2D eigenvalue weighted by Gasteiger charge is 2.17. The van der Waals surface area contributed by atoms with Gasteiger partial charge in [0.05, 0.1) is 12.1 Å². The number of benzene rings is 1.